The first-order valence-corrected chi connectivity index (χ1v) is 6.39. The summed E-state index contributed by atoms with van der Waals surface area (Å²) in [6, 6.07) is 15.0. The van der Waals surface area contributed by atoms with E-state index in [9.17, 15) is 4.79 Å². The van der Waals surface area contributed by atoms with Crippen molar-refractivity contribution in [2.24, 2.45) is 5.73 Å². The van der Waals surface area contributed by atoms with E-state index in [1.165, 1.54) is 0 Å². The van der Waals surface area contributed by atoms with Crippen molar-refractivity contribution in [3.8, 4) is 11.1 Å². The van der Waals surface area contributed by atoms with Crippen LogP contribution in [0.15, 0.2) is 48.5 Å². The van der Waals surface area contributed by atoms with Crippen LogP contribution in [0.4, 0.5) is 0 Å². The minimum absolute atomic E-state index is 0.228. The zero-order valence-corrected chi connectivity index (χ0v) is 11.2. The Morgan fingerprint density at radius 2 is 1.95 bits per heavy atom. The number of nitrogens with two attached hydrogens (primary N) is 1. The lowest BCUT2D eigenvalue weighted by atomic mass is 10.0. The minimum atomic E-state index is -0.560. The molecule has 0 unspecified atom stereocenters. The Morgan fingerprint density at radius 1 is 1.15 bits per heavy atom. The van der Waals surface area contributed by atoms with E-state index in [2.05, 4.69) is 11.2 Å². The predicted octanol–water partition coefficient (Wildman–Crippen LogP) is 3.45. The Hall–Kier alpha value is -2.39. The minimum Gasteiger partial charge on any atom is -0.364 e. The number of amides is 1. The van der Waals surface area contributed by atoms with Crippen LogP contribution >= 0.6 is 11.6 Å². The van der Waals surface area contributed by atoms with Gasteiger partial charge in [0.2, 0.25) is 0 Å². The topological polar surface area (TPSA) is 56.0 Å². The molecule has 3 nitrogen and oxygen atoms in total. The van der Waals surface area contributed by atoms with E-state index in [0.29, 0.717) is 10.4 Å². The number of rotatable bonds is 2. The molecule has 97 valence electrons. The van der Waals surface area contributed by atoms with Gasteiger partial charge in [-0.3, -0.25) is 4.79 Å². The van der Waals surface area contributed by atoms with Crippen molar-refractivity contribution in [3.05, 3.63) is 65.4 Å². The molecule has 0 aliphatic rings. The molecule has 1 amide bonds. The number of hydrogen-bond donors (Lipinski definition) is 1. The average molecular weight is 282 g/mol. The molecular formula is C16H10ClN2O. The largest absolute Gasteiger partial charge is 0.364 e. The van der Waals surface area contributed by atoms with Crippen LogP contribution in [0.2, 0.25) is 5.02 Å². The van der Waals surface area contributed by atoms with Gasteiger partial charge in [-0.05, 0) is 40.8 Å². The highest BCUT2D eigenvalue weighted by molar-refractivity contribution is 6.30. The zero-order valence-electron chi connectivity index (χ0n) is 10.4. The van der Waals surface area contributed by atoms with E-state index in [0.717, 1.165) is 16.5 Å². The van der Waals surface area contributed by atoms with E-state index in [1.54, 1.807) is 6.07 Å². The number of benzene rings is 2. The summed E-state index contributed by atoms with van der Waals surface area (Å²) in [5.41, 5.74) is 7.51. The molecular weight excluding hydrogens is 272 g/mol. The maximum atomic E-state index is 11.4. The fourth-order valence-corrected chi connectivity index (χ4v) is 2.34. The van der Waals surface area contributed by atoms with Gasteiger partial charge in [0, 0.05) is 10.4 Å². The molecule has 0 aliphatic carbocycles. The lowest BCUT2D eigenvalue weighted by molar-refractivity contribution is 0.0997. The van der Waals surface area contributed by atoms with E-state index < -0.39 is 5.91 Å². The predicted molar refractivity (Wildman–Crippen MR) is 79.5 cm³/mol. The number of hydrogen-bond acceptors (Lipinski definition) is 2. The fraction of sp³-hybridized carbons (Fsp3) is 0. The van der Waals surface area contributed by atoms with Gasteiger partial charge in [-0.25, -0.2) is 4.98 Å². The molecule has 0 saturated carbocycles. The van der Waals surface area contributed by atoms with Gasteiger partial charge in [0.1, 0.15) is 5.69 Å². The number of aromatic nitrogens is 1. The van der Waals surface area contributed by atoms with Crippen molar-refractivity contribution < 1.29 is 4.79 Å². The Bertz CT molecular complexity index is 814. The summed E-state index contributed by atoms with van der Waals surface area (Å²) in [5.74, 6) is -0.560. The molecule has 0 bridgehead atoms. The maximum Gasteiger partial charge on any atom is 0.267 e. The number of carbonyl (C=O) groups is 1. The third-order valence-electron chi connectivity index (χ3n) is 3.10. The fourth-order valence-electron chi connectivity index (χ4n) is 2.15. The van der Waals surface area contributed by atoms with E-state index in [-0.39, 0.29) is 5.69 Å². The SMILES string of the molecule is NC(=O)c1n[c]cc2ccc(-c3cccc(Cl)c3)cc12. The van der Waals surface area contributed by atoms with Crippen LogP contribution < -0.4 is 5.73 Å². The van der Waals surface area contributed by atoms with Gasteiger partial charge in [0.15, 0.2) is 0 Å². The standard InChI is InChI=1S/C16H10ClN2O/c17-13-3-1-2-11(8-13)12-5-4-10-6-7-19-15(16(18)20)14(10)9-12/h1-6,8-9H,(H2,18,20). The molecule has 3 rings (SSSR count). The lowest BCUT2D eigenvalue weighted by Crippen LogP contribution is -2.13. The molecule has 1 heterocycles. The highest BCUT2D eigenvalue weighted by atomic mass is 35.5. The zero-order chi connectivity index (χ0) is 14.1. The van der Waals surface area contributed by atoms with E-state index >= 15 is 0 Å². The summed E-state index contributed by atoms with van der Waals surface area (Å²) in [6.45, 7) is 0. The number of fused-ring (bicyclic) bond motifs is 1. The first-order valence-electron chi connectivity index (χ1n) is 6.02. The number of nitrogens with zero attached hydrogens (tertiary/aromatic N) is 1. The summed E-state index contributed by atoms with van der Waals surface area (Å²) >= 11 is 6.00. The van der Waals surface area contributed by atoms with Crippen molar-refractivity contribution in [2.75, 3.05) is 0 Å². The number of pyridine rings is 1. The second-order valence-electron chi connectivity index (χ2n) is 4.41. The van der Waals surface area contributed by atoms with Crippen molar-refractivity contribution in [1.82, 2.24) is 4.98 Å². The van der Waals surface area contributed by atoms with Crippen molar-refractivity contribution in [3.63, 3.8) is 0 Å². The first-order chi connectivity index (χ1) is 9.65. The van der Waals surface area contributed by atoms with Crippen LogP contribution in [-0.2, 0) is 0 Å². The molecule has 4 heteroatoms. The molecule has 0 fully saturated rings. The summed E-state index contributed by atoms with van der Waals surface area (Å²) in [7, 11) is 0. The third-order valence-corrected chi connectivity index (χ3v) is 3.33. The van der Waals surface area contributed by atoms with Crippen LogP contribution in [-0.4, -0.2) is 10.9 Å². The molecule has 1 aromatic heterocycles. The molecule has 1 radical (unpaired) electrons. The van der Waals surface area contributed by atoms with Gasteiger partial charge in [-0.2, -0.15) is 0 Å². The molecule has 2 aromatic carbocycles. The first kappa shape index (κ1) is 12.6. The highest BCUT2D eigenvalue weighted by Gasteiger charge is 2.09. The molecule has 0 aliphatic heterocycles. The summed E-state index contributed by atoms with van der Waals surface area (Å²) < 4.78 is 0. The van der Waals surface area contributed by atoms with Crippen LogP contribution in [0, 0.1) is 6.20 Å². The van der Waals surface area contributed by atoms with Crippen LogP contribution in [0.3, 0.4) is 0 Å². The lowest BCUT2D eigenvalue weighted by Gasteiger charge is -2.06. The second kappa shape index (κ2) is 4.94. The maximum absolute atomic E-state index is 11.4. The van der Waals surface area contributed by atoms with Crippen LogP contribution in [0.25, 0.3) is 21.9 Å². The molecule has 0 saturated heterocycles. The number of halogens is 1. The molecule has 0 atom stereocenters. The van der Waals surface area contributed by atoms with Gasteiger partial charge in [-0.15, -0.1) is 0 Å². The van der Waals surface area contributed by atoms with Crippen LogP contribution in [0.1, 0.15) is 10.5 Å². The van der Waals surface area contributed by atoms with Gasteiger partial charge >= 0.3 is 0 Å². The smallest absolute Gasteiger partial charge is 0.267 e. The van der Waals surface area contributed by atoms with Crippen molar-refractivity contribution >= 4 is 28.3 Å². The van der Waals surface area contributed by atoms with Gasteiger partial charge in [-0.1, -0.05) is 35.9 Å². The summed E-state index contributed by atoms with van der Waals surface area (Å²) in [6.07, 6.45) is 2.68. The Balaban J connectivity index is 2.24. The molecule has 2 N–H and O–H groups in total. The highest BCUT2D eigenvalue weighted by Crippen LogP contribution is 2.27. The monoisotopic (exact) mass is 281 g/mol. The summed E-state index contributed by atoms with van der Waals surface area (Å²) in [5, 5.41) is 2.26. The van der Waals surface area contributed by atoms with Crippen molar-refractivity contribution in [2.45, 2.75) is 0 Å². The number of primary amides is 1. The van der Waals surface area contributed by atoms with E-state index in [4.69, 9.17) is 17.3 Å². The normalized spacial score (nSPS) is 10.7. The van der Waals surface area contributed by atoms with Gasteiger partial charge in [0.05, 0.1) is 6.20 Å². The van der Waals surface area contributed by atoms with E-state index in [1.807, 2.05) is 42.5 Å². The van der Waals surface area contributed by atoms with Crippen LogP contribution in [0.5, 0.6) is 0 Å². The summed E-state index contributed by atoms with van der Waals surface area (Å²) in [4.78, 5) is 15.4. The molecule has 3 aromatic rings. The Morgan fingerprint density at radius 3 is 2.70 bits per heavy atom. The average Bonchev–Trinajstić information content (AvgIpc) is 2.46. The second-order valence-corrected chi connectivity index (χ2v) is 4.85. The quantitative estimate of drug-likeness (QED) is 0.782. The third kappa shape index (κ3) is 2.24. The Labute approximate surface area is 121 Å². The Kier molecular flexibility index (Phi) is 3.12. The number of carbonyl (C=O) groups excluding carboxylic acids is 1. The van der Waals surface area contributed by atoms with Crippen molar-refractivity contribution in [1.29, 1.82) is 0 Å². The molecule has 0 spiro atoms. The van der Waals surface area contributed by atoms with Gasteiger partial charge in [0.25, 0.3) is 5.91 Å². The molecule has 20 heavy (non-hydrogen) atoms. The van der Waals surface area contributed by atoms with Gasteiger partial charge < -0.3 is 5.73 Å².